The van der Waals surface area contributed by atoms with Gasteiger partial charge in [0.2, 0.25) is 0 Å². The quantitative estimate of drug-likeness (QED) is 0.577. The zero-order valence-electron chi connectivity index (χ0n) is 12.3. The molecule has 1 saturated heterocycles. The van der Waals surface area contributed by atoms with Crippen LogP contribution >= 0.6 is 27.7 Å². The zero-order valence-corrected chi connectivity index (χ0v) is 15.5. The average molecular weight is 417 g/mol. The van der Waals surface area contributed by atoms with Crippen LogP contribution in [0.15, 0.2) is 23.2 Å². The first-order chi connectivity index (χ1) is 11.0. The van der Waals surface area contributed by atoms with Crippen molar-refractivity contribution in [2.45, 2.75) is 23.3 Å². The lowest BCUT2D eigenvalue weighted by Crippen LogP contribution is -2.44. The summed E-state index contributed by atoms with van der Waals surface area (Å²) in [5.41, 5.74) is 3.07. The maximum atomic E-state index is 12.8. The molecular formula is C14H17BrN4O2S2. The van der Waals surface area contributed by atoms with E-state index in [9.17, 15) is 8.42 Å². The molecule has 6 nitrogen and oxygen atoms in total. The summed E-state index contributed by atoms with van der Waals surface area (Å²) < 4.78 is 28.4. The van der Waals surface area contributed by atoms with Gasteiger partial charge in [0.25, 0.3) is 10.0 Å². The summed E-state index contributed by atoms with van der Waals surface area (Å²) in [6.45, 7) is 2.49. The number of nitrogens with zero attached hydrogens (tertiary/aromatic N) is 2. The summed E-state index contributed by atoms with van der Waals surface area (Å²) >= 11 is 5.01. The standard InChI is InChI=1S/C14H17BrN4O2S2/c15-12-13(19-5-6-22-14(19)17-12)23(20,21)18-11-2-1-10-8-16-4-3-9(10)7-11/h1-2,7,12-13,16,18H,3-6,8H2. The van der Waals surface area contributed by atoms with Gasteiger partial charge in [0.15, 0.2) is 10.5 Å². The Hall–Kier alpha value is -0.770. The van der Waals surface area contributed by atoms with Gasteiger partial charge in [-0.25, -0.2) is 13.4 Å². The van der Waals surface area contributed by atoms with E-state index in [1.54, 1.807) is 11.8 Å². The third-order valence-electron chi connectivity index (χ3n) is 4.26. The van der Waals surface area contributed by atoms with Crippen LogP contribution in [-0.4, -0.2) is 47.7 Å². The van der Waals surface area contributed by atoms with E-state index in [-0.39, 0.29) is 0 Å². The van der Waals surface area contributed by atoms with Crippen LogP contribution in [0, 0.1) is 0 Å². The van der Waals surface area contributed by atoms with Crippen LogP contribution in [0.5, 0.6) is 0 Å². The fraction of sp³-hybridized carbons (Fsp3) is 0.500. The number of hydrogen-bond acceptors (Lipinski definition) is 6. The van der Waals surface area contributed by atoms with Crippen LogP contribution in [0.2, 0.25) is 0 Å². The first kappa shape index (κ1) is 15.7. The molecular weight excluding hydrogens is 400 g/mol. The van der Waals surface area contributed by atoms with E-state index in [4.69, 9.17) is 0 Å². The molecule has 124 valence electrons. The van der Waals surface area contributed by atoms with Gasteiger partial charge in [0.1, 0.15) is 4.95 Å². The second-order valence-corrected chi connectivity index (χ2v) is 9.55. The van der Waals surface area contributed by atoms with Crippen molar-refractivity contribution in [3.05, 3.63) is 29.3 Å². The van der Waals surface area contributed by atoms with Crippen molar-refractivity contribution >= 4 is 48.6 Å². The first-order valence-corrected chi connectivity index (χ1v) is 10.9. The molecule has 1 fully saturated rings. The highest BCUT2D eigenvalue weighted by Gasteiger charge is 2.46. The zero-order chi connectivity index (χ0) is 16.0. The van der Waals surface area contributed by atoms with Crippen molar-refractivity contribution in [1.82, 2.24) is 10.2 Å². The fourth-order valence-electron chi connectivity index (χ4n) is 3.16. The molecule has 0 aliphatic carbocycles. The molecule has 4 rings (SSSR count). The lowest BCUT2D eigenvalue weighted by molar-refractivity contribution is 0.435. The van der Waals surface area contributed by atoms with Gasteiger partial charge in [-0.2, -0.15) is 0 Å². The number of fused-ring (bicyclic) bond motifs is 2. The third-order valence-corrected chi connectivity index (χ3v) is 7.96. The lowest BCUT2D eigenvalue weighted by atomic mass is 10.0. The highest BCUT2D eigenvalue weighted by molar-refractivity contribution is 9.09. The minimum absolute atomic E-state index is 0.426. The smallest absolute Gasteiger partial charge is 0.257 e. The Morgan fingerprint density at radius 2 is 2.26 bits per heavy atom. The molecule has 3 aliphatic rings. The third kappa shape index (κ3) is 2.88. The van der Waals surface area contributed by atoms with Crippen LogP contribution in [0.4, 0.5) is 5.69 Å². The number of hydrogen-bond donors (Lipinski definition) is 2. The Morgan fingerprint density at radius 1 is 1.39 bits per heavy atom. The predicted molar refractivity (Wildman–Crippen MR) is 97.5 cm³/mol. The molecule has 2 N–H and O–H groups in total. The van der Waals surface area contributed by atoms with Gasteiger partial charge in [-0.05, 0) is 36.2 Å². The number of alkyl halides is 1. The fourth-order valence-corrected chi connectivity index (χ4v) is 7.20. The van der Waals surface area contributed by atoms with Gasteiger partial charge in [0, 0.05) is 24.5 Å². The summed E-state index contributed by atoms with van der Waals surface area (Å²) in [6.07, 6.45) is 0.922. The molecule has 0 aromatic heterocycles. The minimum atomic E-state index is -3.56. The largest absolute Gasteiger partial charge is 0.330 e. The van der Waals surface area contributed by atoms with Crippen LogP contribution in [0.1, 0.15) is 11.1 Å². The van der Waals surface area contributed by atoms with Crippen molar-refractivity contribution < 1.29 is 8.42 Å². The van der Waals surface area contributed by atoms with E-state index < -0.39 is 20.3 Å². The minimum Gasteiger partial charge on any atom is -0.330 e. The van der Waals surface area contributed by atoms with Crippen LogP contribution < -0.4 is 10.0 Å². The van der Waals surface area contributed by atoms with E-state index in [2.05, 4.69) is 31.0 Å². The Balaban J connectivity index is 1.58. The summed E-state index contributed by atoms with van der Waals surface area (Å²) in [4.78, 5) is 5.85. The number of nitrogens with one attached hydrogen (secondary N) is 2. The molecule has 0 radical (unpaired) electrons. The second kappa shape index (κ2) is 5.94. The highest BCUT2D eigenvalue weighted by atomic mass is 79.9. The summed E-state index contributed by atoms with van der Waals surface area (Å²) in [5.74, 6) is 0.885. The van der Waals surface area contributed by atoms with Crippen LogP contribution in [-0.2, 0) is 23.0 Å². The van der Waals surface area contributed by atoms with Crippen molar-refractivity contribution in [2.75, 3.05) is 23.6 Å². The number of halogens is 1. The summed E-state index contributed by atoms with van der Waals surface area (Å²) in [5, 5.41) is 3.44. The number of anilines is 1. The maximum absolute atomic E-state index is 12.8. The van der Waals surface area contributed by atoms with E-state index in [1.807, 2.05) is 23.1 Å². The van der Waals surface area contributed by atoms with Gasteiger partial charge < -0.3 is 10.2 Å². The predicted octanol–water partition coefficient (Wildman–Crippen LogP) is 1.54. The lowest BCUT2D eigenvalue weighted by Gasteiger charge is -2.25. The number of sulfonamides is 1. The molecule has 1 aromatic carbocycles. The van der Waals surface area contributed by atoms with Crippen molar-refractivity contribution in [3.8, 4) is 0 Å². The van der Waals surface area contributed by atoms with Crippen molar-refractivity contribution in [1.29, 1.82) is 0 Å². The van der Waals surface area contributed by atoms with E-state index in [0.29, 0.717) is 12.2 Å². The van der Waals surface area contributed by atoms with Gasteiger partial charge in [-0.15, -0.1) is 0 Å². The van der Waals surface area contributed by atoms with E-state index in [1.165, 1.54) is 11.1 Å². The monoisotopic (exact) mass is 416 g/mol. The van der Waals surface area contributed by atoms with Crippen molar-refractivity contribution in [2.24, 2.45) is 4.99 Å². The van der Waals surface area contributed by atoms with E-state index in [0.717, 1.165) is 30.4 Å². The molecule has 0 bridgehead atoms. The Labute approximate surface area is 148 Å². The highest BCUT2D eigenvalue weighted by Crippen LogP contribution is 2.35. The topological polar surface area (TPSA) is 73.8 Å². The SMILES string of the molecule is O=S(=O)(Nc1ccc2c(c1)CCNC2)C1C(Br)N=C2SCCN21. The molecule has 0 saturated carbocycles. The molecule has 23 heavy (non-hydrogen) atoms. The number of rotatable bonds is 3. The molecule has 2 atom stereocenters. The number of amidine groups is 1. The van der Waals surface area contributed by atoms with Gasteiger partial charge >= 0.3 is 0 Å². The van der Waals surface area contributed by atoms with Gasteiger partial charge in [-0.1, -0.05) is 33.8 Å². The van der Waals surface area contributed by atoms with E-state index >= 15 is 0 Å². The van der Waals surface area contributed by atoms with Crippen LogP contribution in [0.3, 0.4) is 0 Å². The molecule has 0 spiro atoms. The molecule has 9 heteroatoms. The Kier molecular flexibility index (Phi) is 4.07. The number of thioether (sulfide) groups is 1. The van der Waals surface area contributed by atoms with Crippen molar-refractivity contribution in [3.63, 3.8) is 0 Å². The molecule has 3 aliphatic heterocycles. The second-order valence-electron chi connectivity index (χ2n) is 5.77. The summed E-state index contributed by atoms with van der Waals surface area (Å²) in [6, 6.07) is 5.78. The molecule has 1 aromatic rings. The van der Waals surface area contributed by atoms with Crippen LogP contribution in [0.25, 0.3) is 0 Å². The maximum Gasteiger partial charge on any atom is 0.257 e. The normalized spacial score (nSPS) is 26.7. The Morgan fingerprint density at radius 3 is 3.13 bits per heavy atom. The number of benzene rings is 1. The van der Waals surface area contributed by atoms with Gasteiger partial charge in [0.05, 0.1) is 0 Å². The molecule has 2 unspecified atom stereocenters. The summed E-state index contributed by atoms with van der Waals surface area (Å²) in [7, 11) is -3.56. The molecule has 0 amide bonds. The molecule has 3 heterocycles. The number of aliphatic imine (C=N–C) groups is 1. The Bertz CT molecular complexity index is 768. The average Bonchev–Trinajstić information content (AvgIpc) is 3.06. The first-order valence-electron chi connectivity index (χ1n) is 7.50. The van der Waals surface area contributed by atoms with Gasteiger partial charge in [-0.3, -0.25) is 4.72 Å².